The molecule has 1 rings (SSSR count). The van der Waals surface area contributed by atoms with Gasteiger partial charge in [0.1, 0.15) is 6.04 Å². The topological polar surface area (TPSA) is 58.2 Å². The van der Waals surface area contributed by atoms with E-state index in [1.165, 1.54) is 44.9 Å². The molecule has 0 radical (unpaired) electrons. The first-order chi connectivity index (χ1) is 11.1. The summed E-state index contributed by atoms with van der Waals surface area (Å²) in [4.78, 5) is 24.1. The normalized spacial score (nSPS) is 19.7. The molecule has 1 aliphatic heterocycles. The van der Waals surface area contributed by atoms with Gasteiger partial charge in [0, 0.05) is 12.5 Å². The van der Waals surface area contributed by atoms with Crippen LogP contribution in [0.25, 0.3) is 0 Å². The van der Waals surface area contributed by atoms with E-state index in [0.717, 1.165) is 38.6 Å². The maximum atomic E-state index is 12.2. The first-order valence-electron chi connectivity index (χ1n) is 9.73. The van der Waals surface area contributed by atoms with E-state index in [4.69, 9.17) is 0 Å². The average Bonchev–Trinajstić information content (AvgIpc) is 2.74. The van der Waals surface area contributed by atoms with Crippen molar-refractivity contribution >= 4 is 11.8 Å². The fourth-order valence-corrected chi connectivity index (χ4v) is 3.11. The predicted octanol–water partition coefficient (Wildman–Crippen LogP) is 3.94. The van der Waals surface area contributed by atoms with E-state index < -0.39 is 0 Å². The van der Waals surface area contributed by atoms with Gasteiger partial charge >= 0.3 is 0 Å². The fraction of sp³-hybridized carbons (Fsp3) is 0.895. The van der Waals surface area contributed by atoms with Crippen molar-refractivity contribution in [1.82, 2.24) is 10.6 Å². The van der Waals surface area contributed by atoms with Crippen LogP contribution in [0.3, 0.4) is 0 Å². The number of carbonyl (C=O) groups is 2. The van der Waals surface area contributed by atoms with Crippen molar-refractivity contribution in [3.05, 3.63) is 0 Å². The van der Waals surface area contributed by atoms with Crippen LogP contribution in [-0.4, -0.2) is 24.4 Å². The van der Waals surface area contributed by atoms with Gasteiger partial charge in [-0.1, -0.05) is 65.2 Å². The van der Waals surface area contributed by atoms with Crippen molar-refractivity contribution in [3.63, 3.8) is 0 Å². The molecule has 0 aromatic carbocycles. The predicted molar refractivity (Wildman–Crippen MR) is 95.2 cm³/mol. The van der Waals surface area contributed by atoms with Crippen LogP contribution in [0.4, 0.5) is 0 Å². The SMILES string of the molecule is CCCCCCCCCC[C@H](C)C(=O)N[C@H]1CCCCNC1=O. The first kappa shape index (κ1) is 20.0. The lowest BCUT2D eigenvalue weighted by atomic mass is 10.00. The van der Waals surface area contributed by atoms with Crippen LogP contribution < -0.4 is 10.6 Å². The van der Waals surface area contributed by atoms with Crippen molar-refractivity contribution in [2.24, 2.45) is 5.92 Å². The van der Waals surface area contributed by atoms with Crippen molar-refractivity contribution in [1.29, 1.82) is 0 Å². The zero-order chi connectivity index (χ0) is 16.9. The molecular weight excluding hydrogens is 288 g/mol. The summed E-state index contributed by atoms with van der Waals surface area (Å²) in [6.07, 6.45) is 14.0. The molecule has 0 aliphatic carbocycles. The Hall–Kier alpha value is -1.06. The highest BCUT2D eigenvalue weighted by molar-refractivity contribution is 5.88. The second-order valence-corrected chi connectivity index (χ2v) is 7.01. The molecule has 4 heteroatoms. The molecule has 1 aliphatic rings. The van der Waals surface area contributed by atoms with Crippen LogP contribution in [0, 0.1) is 5.92 Å². The minimum absolute atomic E-state index is 0.00569. The third kappa shape index (κ3) is 8.97. The van der Waals surface area contributed by atoms with Gasteiger partial charge in [0.05, 0.1) is 0 Å². The number of unbranched alkanes of at least 4 members (excludes halogenated alkanes) is 7. The molecule has 23 heavy (non-hydrogen) atoms. The van der Waals surface area contributed by atoms with Gasteiger partial charge in [0.2, 0.25) is 11.8 Å². The van der Waals surface area contributed by atoms with Gasteiger partial charge < -0.3 is 10.6 Å². The van der Waals surface area contributed by atoms with Crippen molar-refractivity contribution in [3.8, 4) is 0 Å². The third-order valence-corrected chi connectivity index (χ3v) is 4.79. The molecule has 1 heterocycles. The Labute approximate surface area is 142 Å². The van der Waals surface area contributed by atoms with Gasteiger partial charge in [-0.2, -0.15) is 0 Å². The smallest absolute Gasteiger partial charge is 0.242 e. The van der Waals surface area contributed by atoms with E-state index in [9.17, 15) is 9.59 Å². The molecule has 2 N–H and O–H groups in total. The van der Waals surface area contributed by atoms with E-state index in [1.54, 1.807) is 0 Å². The first-order valence-corrected chi connectivity index (χ1v) is 9.73. The zero-order valence-corrected chi connectivity index (χ0v) is 15.2. The zero-order valence-electron chi connectivity index (χ0n) is 15.2. The highest BCUT2D eigenvalue weighted by Gasteiger charge is 2.24. The Kier molecular flexibility index (Phi) is 10.8. The molecule has 0 saturated carbocycles. The molecule has 0 bridgehead atoms. The molecule has 1 saturated heterocycles. The van der Waals surface area contributed by atoms with Crippen molar-refractivity contribution in [2.75, 3.05) is 6.54 Å². The van der Waals surface area contributed by atoms with Gasteiger partial charge in [-0.05, 0) is 25.7 Å². The van der Waals surface area contributed by atoms with E-state index in [2.05, 4.69) is 17.6 Å². The molecule has 2 amide bonds. The molecule has 0 spiro atoms. The van der Waals surface area contributed by atoms with E-state index in [0.29, 0.717) is 0 Å². The summed E-state index contributed by atoms with van der Waals surface area (Å²) in [5.41, 5.74) is 0. The summed E-state index contributed by atoms with van der Waals surface area (Å²) in [6.45, 7) is 4.95. The van der Waals surface area contributed by atoms with Crippen LogP contribution in [-0.2, 0) is 9.59 Å². The van der Waals surface area contributed by atoms with E-state index in [1.807, 2.05) is 6.92 Å². The van der Waals surface area contributed by atoms with Crippen LogP contribution in [0.5, 0.6) is 0 Å². The molecule has 4 nitrogen and oxygen atoms in total. The fourth-order valence-electron chi connectivity index (χ4n) is 3.11. The summed E-state index contributed by atoms with van der Waals surface area (Å²) in [5, 5.41) is 5.80. The van der Waals surface area contributed by atoms with Crippen molar-refractivity contribution in [2.45, 2.75) is 96.9 Å². The van der Waals surface area contributed by atoms with Gasteiger partial charge in [0.15, 0.2) is 0 Å². The summed E-state index contributed by atoms with van der Waals surface area (Å²) < 4.78 is 0. The number of carbonyl (C=O) groups excluding carboxylic acids is 2. The third-order valence-electron chi connectivity index (χ3n) is 4.79. The Balaban J connectivity index is 2.10. The van der Waals surface area contributed by atoms with Crippen molar-refractivity contribution < 1.29 is 9.59 Å². The van der Waals surface area contributed by atoms with Gasteiger partial charge in [-0.25, -0.2) is 0 Å². The lowest BCUT2D eigenvalue weighted by Crippen LogP contribution is -2.47. The molecule has 134 valence electrons. The lowest BCUT2D eigenvalue weighted by molar-refractivity contribution is -0.130. The number of hydrogen-bond acceptors (Lipinski definition) is 2. The largest absolute Gasteiger partial charge is 0.354 e. The summed E-state index contributed by atoms with van der Waals surface area (Å²) in [5.74, 6) is 0.0243. The van der Waals surface area contributed by atoms with Gasteiger partial charge in [-0.15, -0.1) is 0 Å². The molecular formula is C19H36N2O2. The van der Waals surface area contributed by atoms with Gasteiger partial charge in [0.25, 0.3) is 0 Å². The second-order valence-electron chi connectivity index (χ2n) is 7.01. The van der Waals surface area contributed by atoms with E-state index >= 15 is 0 Å². The quantitative estimate of drug-likeness (QED) is 0.566. The number of nitrogens with one attached hydrogen (secondary N) is 2. The Morgan fingerprint density at radius 2 is 1.78 bits per heavy atom. The Morgan fingerprint density at radius 3 is 2.48 bits per heavy atom. The molecule has 2 atom stereocenters. The van der Waals surface area contributed by atoms with Crippen LogP contribution in [0.2, 0.25) is 0 Å². The monoisotopic (exact) mass is 324 g/mol. The summed E-state index contributed by atoms with van der Waals surface area (Å²) >= 11 is 0. The highest BCUT2D eigenvalue weighted by Crippen LogP contribution is 2.14. The van der Waals surface area contributed by atoms with Gasteiger partial charge in [-0.3, -0.25) is 9.59 Å². The average molecular weight is 325 g/mol. The minimum Gasteiger partial charge on any atom is -0.354 e. The Morgan fingerprint density at radius 1 is 1.13 bits per heavy atom. The summed E-state index contributed by atoms with van der Waals surface area (Å²) in [7, 11) is 0. The highest BCUT2D eigenvalue weighted by atomic mass is 16.2. The van der Waals surface area contributed by atoms with Crippen LogP contribution >= 0.6 is 0 Å². The second kappa shape index (κ2) is 12.4. The van der Waals surface area contributed by atoms with E-state index in [-0.39, 0.29) is 23.8 Å². The summed E-state index contributed by atoms with van der Waals surface area (Å²) in [6, 6.07) is -0.328. The molecule has 0 aromatic rings. The maximum Gasteiger partial charge on any atom is 0.242 e. The number of rotatable bonds is 11. The number of amides is 2. The number of hydrogen-bond donors (Lipinski definition) is 2. The van der Waals surface area contributed by atoms with Crippen LogP contribution in [0.1, 0.15) is 90.9 Å². The molecule has 0 aromatic heterocycles. The maximum absolute atomic E-state index is 12.2. The van der Waals surface area contributed by atoms with Crippen LogP contribution in [0.15, 0.2) is 0 Å². The molecule has 1 fully saturated rings. The lowest BCUT2D eigenvalue weighted by Gasteiger charge is -2.18. The Bertz CT molecular complexity index is 344. The standard InChI is InChI=1S/C19H36N2O2/c1-3-4-5-6-7-8-9-10-13-16(2)18(22)21-17-14-11-12-15-20-19(17)23/h16-17H,3-15H2,1-2H3,(H,20,23)(H,21,22)/t16-,17-/m0/s1. The molecule has 0 unspecified atom stereocenters. The minimum atomic E-state index is -0.328.